The van der Waals surface area contributed by atoms with E-state index in [0.717, 1.165) is 27.8 Å². The Morgan fingerprint density at radius 3 is 1.49 bits per heavy atom. The molecule has 0 radical (unpaired) electrons. The summed E-state index contributed by atoms with van der Waals surface area (Å²) in [6, 6.07) is 40.8. The van der Waals surface area contributed by atoms with Crippen molar-refractivity contribution in [1.29, 1.82) is 0 Å². The molecule has 0 atom stereocenters. The van der Waals surface area contributed by atoms with E-state index in [1.165, 1.54) is 43.9 Å². The first-order valence-electron chi connectivity index (χ1n) is 11.9. The zero-order valence-corrected chi connectivity index (χ0v) is 19.4. The largest absolute Gasteiger partial charge is 0.228 e. The van der Waals surface area contributed by atoms with E-state index in [1.807, 2.05) is 0 Å². The van der Waals surface area contributed by atoms with Crippen LogP contribution in [0.3, 0.4) is 0 Å². The van der Waals surface area contributed by atoms with Gasteiger partial charge in [0.15, 0.2) is 5.82 Å². The first-order chi connectivity index (χ1) is 17.3. The predicted molar refractivity (Wildman–Crippen MR) is 150 cm³/mol. The quantitative estimate of drug-likeness (QED) is 0.226. The summed E-state index contributed by atoms with van der Waals surface area (Å²) < 4.78 is 0. The molecule has 0 N–H and O–H groups in total. The summed E-state index contributed by atoms with van der Waals surface area (Å²) in [5, 5.41) is 4.83. The molecule has 7 rings (SSSR count). The van der Waals surface area contributed by atoms with Gasteiger partial charge in [-0.1, -0.05) is 103 Å². The zero-order valence-electron chi connectivity index (χ0n) is 19.4. The molecule has 1 aromatic heterocycles. The molecule has 0 saturated carbocycles. The highest BCUT2D eigenvalue weighted by atomic mass is 14.9. The van der Waals surface area contributed by atoms with Gasteiger partial charge in [0.25, 0.3) is 0 Å². The number of benzene rings is 6. The van der Waals surface area contributed by atoms with Gasteiger partial charge in [0.1, 0.15) is 7.85 Å². The maximum absolute atomic E-state index is 5.02. The second-order valence-corrected chi connectivity index (χ2v) is 9.13. The van der Waals surface area contributed by atoms with Crippen molar-refractivity contribution in [3.05, 3.63) is 115 Å². The average molecular weight is 444 g/mol. The molecular weight excluding hydrogens is 423 g/mol. The molecule has 0 amide bonds. The summed E-state index contributed by atoms with van der Waals surface area (Å²) in [7, 11) is 2.10. The Bertz CT molecular complexity index is 1720. The highest BCUT2D eigenvalue weighted by Crippen LogP contribution is 2.43. The van der Waals surface area contributed by atoms with E-state index < -0.39 is 0 Å². The normalized spacial score (nSPS) is 11.5. The van der Waals surface area contributed by atoms with E-state index in [0.29, 0.717) is 0 Å². The molecule has 35 heavy (non-hydrogen) atoms. The lowest BCUT2D eigenvalue weighted by Crippen LogP contribution is -2.01. The lowest BCUT2D eigenvalue weighted by Gasteiger charge is -2.18. The van der Waals surface area contributed by atoms with E-state index in [2.05, 4.69) is 123 Å². The second-order valence-electron chi connectivity index (χ2n) is 9.13. The minimum absolute atomic E-state index is 0.766. The maximum atomic E-state index is 5.02. The number of nitrogens with zero attached hydrogens (tertiary/aromatic N) is 2. The molecule has 1 heterocycles. The first-order valence-corrected chi connectivity index (χ1v) is 11.9. The molecule has 0 aliphatic rings. The van der Waals surface area contributed by atoms with Crippen LogP contribution in [-0.2, 0) is 0 Å². The minimum Gasteiger partial charge on any atom is -0.228 e. The van der Waals surface area contributed by atoms with Crippen molar-refractivity contribution in [2.75, 3.05) is 0 Å². The Balaban J connectivity index is 1.60. The molecule has 0 saturated heterocycles. The number of rotatable bonds is 3. The topological polar surface area (TPSA) is 25.8 Å². The van der Waals surface area contributed by atoms with Gasteiger partial charge < -0.3 is 0 Å². The summed E-state index contributed by atoms with van der Waals surface area (Å²) in [6.07, 6.45) is 0. The molecule has 0 aliphatic carbocycles. The molecule has 6 aromatic carbocycles. The van der Waals surface area contributed by atoms with Crippen molar-refractivity contribution in [1.82, 2.24) is 9.97 Å². The van der Waals surface area contributed by atoms with Crippen LogP contribution in [0.25, 0.3) is 66.2 Å². The van der Waals surface area contributed by atoms with Crippen LogP contribution < -0.4 is 5.46 Å². The van der Waals surface area contributed by atoms with E-state index >= 15 is 0 Å². The Hall–Kier alpha value is -4.50. The molecule has 162 valence electrons. The van der Waals surface area contributed by atoms with Crippen LogP contribution in [0.15, 0.2) is 115 Å². The van der Waals surface area contributed by atoms with Gasteiger partial charge in [-0.05, 0) is 51.2 Å². The van der Waals surface area contributed by atoms with Gasteiger partial charge in [0, 0.05) is 16.3 Å². The van der Waals surface area contributed by atoms with Crippen molar-refractivity contribution in [2.24, 2.45) is 0 Å². The number of hydrogen-bond donors (Lipinski definition) is 0. The van der Waals surface area contributed by atoms with Crippen LogP contribution in [-0.4, -0.2) is 17.8 Å². The van der Waals surface area contributed by atoms with Crippen LogP contribution in [0.4, 0.5) is 0 Å². The molecule has 0 fully saturated rings. The fourth-order valence-electron chi connectivity index (χ4n) is 5.19. The van der Waals surface area contributed by atoms with Gasteiger partial charge in [-0.2, -0.15) is 0 Å². The summed E-state index contributed by atoms with van der Waals surface area (Å²) in [6.45, 7) is 0. The fraction of sp³-hybridized carbons (Fsp3) is 0. The van der Waals surface area contributed by atoms with Gasteiger partial charge in [0.2, 0.25) is 0 Å². The Morgan fingerprint density at radius 1 is 0.457 bits per heavy atom. The number of hydrogen-bond acceptors (Lipinski definition) is 2. The third-order valence-electron chi connectivity index (χ3n) is 6.92. The highest BCUT2D eigenvalue weighted by molar-refractivity contribution is 6.32. The molecular formula is C32H21BN2. The summed E-state index contributed by atoms with van der Waals surface area (Å²) >= 11 is 0. The van der Waals surface area contributed by atoms with Crippen molar-refractivity contribution in [3.8, 4) is 33.6 Å². The molecule has 3 heteroatoms. The maximum Gasteiger partial charge on any atom is 0.160 e. The zero-order chi connectivity index (χ0) is 23.4. The van der Waals surface area contributed by atoms with E-state index in [-0.39, 0.29) is 0 Å². The standard InChI is InChI=1S/C32H21BN2/c33-23-13-11-22(12-14-23)32-34-28-17-15-24-26(20-7-3-1-4-8-20)19-27(21-9-5-2-6-10-21)25-16-18-29(35-32)31(28)30(24)25/h1-19H,33H2. The molecule has 2 nitrogen and oxygen atoms in total. The van der Waals surface area contributed by atoms with Crippen molar-refractivity contribution in [2.45, 2.75) is 0 Å². The summed E-state index contributed by atoms with van der Waals surface area (Å²) in [5.41, 5.74) is 9.11. The van der Waals surface area contributed by atoms with E-state index in [4.69, 9.17) is 9.97 Å². The fourth-order valence-corrected chi connectivity index (χ4v) is 5.19. The van der Waals surface area contributed by atoms with Crippen molar-refractivity contribution >= 4 is 45.9 Å². The highest BCUT2D eigenvalue weighted by Gasteiger charge is 2.18. The van der Waals surface area contributed by atoms with E-state index in [9.17, 15) is 0 Å². The van der Waals surface area contributed by atoms with Gasteiger partial charge in [0.05, 0.1) is 11.0 Å². The molecule has 7 aromatic rings. The molecule has 0 unspecified atom stereocenters. The van der Waals surface area contributed by atoms with Gasteiger partial charge in [-0.3, -0.25) is 0 Å². The third-order valence-corrected chi connectivity index (χ3v) is 6.92. The van der Waals surface area contributed by atoms with E-state index in [1.54, 1.807) is 0 Å². The van der Waals surface area contributed by atoms with Crippen molar-refractivity contribution in [3.63, 3.8) is 0 Å². The monoisotopic (exact) mass is 444 g/mol. The third kappa shape index (κ3) is 3.20. The smallest absolute Gasteiger partial charge is 0.160 e. The Morgan fingerprint density at radius 2 is 0.971 bits per heavy atom. The predicted octanol–water partition coefficient (Wildman–Crippen LogP) is 6.63. The Kier molecular flexibility index (Phi) is 4.43. The SMILES string of the molecule is Bc1ccc(-c2nc3ccc4c(-c5ccccc5)cc(-c5ccccc5)c5ccc(n2)c3c45)cc1. The average Bonchev–Trinajstić information content (AvgIpc) is 2.92. The van der Waals surface area contributed by atoms with Crippen molar-refractivity contribution < 1.29 is 0 Å². The van der Waals surface area contributed by atoms with Crippen LogP contribution in [0, 0.1) is 0 Å². The van der Waals surface area contributed by atoms with Gasteiger partial charge in [-0.25, -0.2) is 9.97 Å². The van der Waals surface area contributed by atoms with Crippen LogP contribution in [0.2, 0.25) is 0 Å². The Labute approximate surface area is 204 Å². The minimum atomic E-state index is 0.766. The molecule has 0 aliphatic heterocycles. The van der Waals surface area contributed by atoms with Crippen LogP contribution in [0.1, 0.15) is 0 Å². The van der Waals surface area contributed by atoms with Crippen LogP contribution in [0.5, 0.6) is 0 Å². The lowest BCUT2D eigenvalue weighted by atomic mass is 9.87. The first kappa shape index (κ1) is 19.9. The van der Waals surface area contributed by atoms with Gasteiger partial charge >= 0.3 is 0 Å². The number of aromatic nitrogens is 2. The van der Waals surface area contributed by atoms with Gasteiger partial charge in [-0.15, -0.1) is 0 Å². The summed E-state index contributed by atoms with van der Waals surface area (Å²) in [4.78, 5) is 10.0. The molecule has 0 spiro atoms. The lowest BCUT2D eigenvalue weighted by molar-refractivity contribution is 1.26. The van der Waals surface area contributed by atoms with Crippen LogP contribution >= 0.6 is 0 Å². The molecule has 0 bridgehead atoms. The second kappa shape index (κ2) is 7.78. The summed E-state index contributed by atoms with van der Waals surface area (Å²) in [5.74, 6) is 0.766.